The summed E-state index contributed by atoms with van der Waals surface area (Å²) in [5, 5.41) is 6.50. The molecule has 1 aliphatic heterocycles. The van der Waals surface area contributed by atoms with Crippen molar-refractivity contribution in [1.29, 1.82) is 0 Å². The van der Waals surface area contributed by atoms with Crippen LogP contribution in [0.25, 0.3) is 0 Å². The first-order valence-corrected chi connectivity index (χ1v) is 7.47. The number of hydrogen-bond donors (Lipinski definition) is 2. The molecule has 1 saturated heterocycles. The maximum absolute atomic E-state index is 12.6. The summed E-state index contributed by atoms with van der Waals surface area (Å²) in [6.07, 6.45) is 3.58. The Bertz CT molecular complexity index is 460. The van der Waals surface area contributed by atoms with Gasteiger partial charge >= 0.3 is 0 Å². The predicted molar refractivity (Wildman–Crippen MR) is 79.9 cm³/mol. The van der Waals surface area contributed by atoms with Crippen molar-refractivity contribution >= 4 is 23.5 Å². The van der Waals surface area contributed by atoms with Crippen LogP contribution in [0.15, 0.2) is 6.07 Å². The Morgan fingerprint density at radius 3 is 2.75 bits per heavy atom. The second-order valence-corrected chi connectivity index (χ2v) is 5.78. The minimum atomic E-state index is -0.306. The van der Waals surface area contributed by atoms with Crippen LogP contribution >= 0.6 is 11.6 Å². The van der Waals surface area contributed by atoms with Crippen LogP contribution < -0.4 is 10.6 Å². The van der Waals surface area contributed by atoms with Gasteiger partial charge in [-0.05, 0) is 45.3 Å². The van der Waals surface area contributed by atoms with Crippen molar-refractivity contribution in [2.24, 2.45) is 5.41 Å². The van der Waals surface area contributed by atoms with Gasteiger partial charge in [0.25, 0.3) is 0 Å². The highest BCUT2D eigenvalue weighted by Gasteiger charge is 2.38. The molecule has 2 rings (SSSR count). The third kappa shape index (κ3) is 3.46. The fourth-order valence-corrected chi connectivity index (χ4v) is 3.03. The van der Waals surface area contributed by atoms with Crippen molar-refractivity contribution in [2.75, 3.05) is 18.4 Å². The lowest BCUT2D eigenvalue weighted by Gasteiger charge is -2.35. The molecule has 1 aromatic rings. The van der Waals surface area contributed by atoms with E-state index in [1.807, 2.05) is 6.92 Å². The van der Waals surface area contributed by atoms with Crippen molar-refractivity contribution in [3.8, 4) is 0 Å². The first-order valence-electron chi connectivity index (χ1n) is 7.09. The molecule has 1 aromatic heterocycles. The average molecular weight is 297 g/mol. The van der Waals surface area contributed by atoms with Crippen molar-refractivity contribution in [3.63, 3.8) is 0 Å². The number of hydrogen-bond acceptors (Lipinski definition) is 4. The Morgan fingerprint density at radius 2 is 2.15 bits per heavy atom. The second-order valence-electron chi connectivity index (χ2n) is 5.39. The molecule has 0 aromatic carbocycles. The second kappa shape index (κ2) is 6.50. The van der Waals surface area contributed by atoms with Crippen molar-refractivity contribution in [3.05, 3.63) is 16.9 Å². The van der Waals surface area contributed by atoms with Gasteiger partial charge in [-0.3, -0.25) is 10.1 Å². The zero-order valence-electron chi connectivity index (χ0n) is 12.0. The summed E-state index contributed by atoms with van der Waals surface area (Å²) in [6, 6.07) is 1.67. The smallest absolute Gasteiger partial charge is 0.233 e. The Hall–Kier alpha value is -1.20. The molecule has 110 valence electrons. The van der Waals surface area contributed by atoms with Crippen LogP contribution in [0, 0.1) is 12.3 Å². The van der Waals surface area contributed by atoms with E-state index in [1.165, 1.54) is 0 Å². The Morgan fingerprint density at radius 1 is 1.45 bits per heavy atom. The van der Waals surface area contributed by atoms with Crippen LogP contribution in [-0.2, 0) is 4.79 Å². The van der Waals surface area contributed by atoms with Gasteiger partial charge in [0.2, 0.25) is 11.9 Å². The van der Waals surface area contributed by atoms with E-state index < -0.39 is 0 Å². The van der Waals surface area contributed by atoms with Crippen molar-refractivity contribution in [2.45, 2.75) is 39.5 Å². The number of anilines is 1. The summed E-state index contributed by atoms with van der Waals surface area (Å²) in [4.78, 5) is 20.9. The summed E-state index contributed by atoms with van der Waals surface area (Å²) in [5.74, 6) is 0.316. The van der Waals surface area contributed by atoms with E-state index in [-0.39, 0.29) is 11.3 Å². The average Bonchev–Trinajstić information content (AvgIpc) is 2.38. The number of aromatic nitrogens is 2. The quantitative estimate of drug-likeness (QED) is 0.838. The van der Waals surface area contributed by atoms with Crippen LogP contribution in [0.5, 0.6) is 0 Å². The number of piperidine rings is 1. The summed E-state index contributed by atoms with van der Waals surface area (Å²) in [6.45, 7) is 5.69. The standard InChI is InChI=1S/C14H21ClN4O/c1-3-4-14(5-7-16-8-6-14)12(20)19-13-17-10(2)9-11(15)18-13/h9,16H,3-8H2,1-2H3,(H,17,18,19,20). The van der Waals surface area contributed by atoms with Crippen molar-refractivity contribution in [1.82, 2.24) is 15.3 Å². The van der Waals surface area contributed by atoms with Crippen LogP contribution in [0.3, 0.4) is 0 Å². The zero-order chi connectivity index (χ0) is 14.6. The number of rotatable bonds is 4. The molecule has 2 N–H and O–H groups in total. The van der Waals surface area contributed by atoms with Gasteiger partial charge in [-0.1, -0.05) is 24.9 Å². The fourth-order valence-electron chi connectivity index (χ4n) is 2.79. The first-order chi connectivity index (χ1) is 9.55. The molecular formula is C14H21ClN4O. The number of nitrogens with one attached hydrogen (secondary N) is 2. The highest BCUT2D eigenvalue weighted by Crippen LogP contribution is 2.35. The maximum atomic E-state index is 12.6. The molecule has 0 unspecified atom stereocenters. The molecule has 1 amide bonds. The fraction of sp³-hybridized carbons (Fsp3) is 0.643. The van der Waals surface area contributed by atoms with Gasteiger partial charge in [0.15, 0.2) is 0 Å². The minimum absolute atomic E-state index is 0.0162. The van der Waals surface area contributed by atoms with Crippen LogP contribution in [0.1, 0.15) is 38.3 Å². The van der Waals surface area contributed by atoms with Crippen molar-refractivity contribution < 1.29 is 4.79 Å². The first kappa shape index (κ1) is 15.2. The van der Waals surface area contributed by atoms with Gasteiger partial charge in [-0.15, -0.1) is 0 Å². The van der Waals surface area contributed by atoms with Crippen LogP contribution in [0.2, 0.25) is 5.15 Å². The minimum Gasteiger partial charge on any atom is -0.317 e. The van der Waals surface area contributed by atoms with E-state index in [0.717, 1.165) is 44.5 Å². The number of halogens is 1. The number of aryl methyl sites for hydroxylation is 1. The SMILES string of the molecule is CCCC1(C(=O)Nc2nc(C)cc(Cl)n2)CCNCC1. The van der Waals surface area contributed by atoms with Gasteiger partial charge < -0.3 is 5.32 Å². The number of carbonyl (C=O) groups excluding carboxylic acids is 1. The summed E-state index contributed by atoms with van der Waals surface area (Å²) >= 11 is 5.90. The summed E-state index contributed by atoms with van der Waals surface area (Å²) < 4.78 is 0. The molecule has 2 heterocycles. The number of nitrogens with zero attached hydrogens (tertiary/aromatic N) is 2. The van der Waals surface area contributed by atoms with E-state index in [2.05, 4.69) is 27.5 Å². The van der Waals surface area contributed by atoms with E-state index in [4.69, 9.17) is 11.6 Å². The molecule has 1 aliphatic rings. The van der Waals surface area contributed by atoms with E-state index in [1.54, 1.807) is 6.07 Å². The third-order valence-electron chi connectivity index (χ3n) is 3.82. The highest BCUT2D eigenvalue weighted by molar-refractivity contribution is 6.29. The topological polar surface area (TPSA) is 66.9 Å². The maximum Gasteiger partial charge on any atom is 0.233 e. The molecule has 1 fully saturated rings. The zero-order valence-corrected chi connectivity index (χ0v) is 12.8. The number of amides is 1. The molecule has 0 atom stereocenters. The normalized spacial score (nSPS) is 17.8. The molecule has 20 heavy (non-hydrogen) atoms. The summed E-state index contributed by atoms with van der Waals surface area (Å²) in [5.41, 5.74) is 0.440. The number of carbonyl (C=O) groups is 1. The van der Waals surface area contributed by atoms with E-state index in [9.17, 15) is 4.79 Å². The molecular weight excluding hydrogens is 276 g/mol. The predicted octanol–water partition coefficient (Wildman–Crippen LogP) is 2.55. The molecule has 0 aliphatic carbocycles. The van der Waals surface area contributed by atoms with Crippen LogP contribution in [-0.4, -0.2) is 29.0 Å². The van der Waals surface area contributed by atoms with Gasteiger partial charge in [0, 0.05) is 5.69 Å². The lowest BCUT2D eigenvalue weighted by molar-refractivity contribution is -0.127. The Balaban J connectivity index is 2.15. The molecule has 0 saturated carbocycles. The lowest BCUT2D eigenvalue weighted by Crippen LogP contribution is -2.45. The molecule has 5 nitrogen and oxygen atoms in total. The monoisotopic (exact) mass is 296 g/mol. The van der Waals surface area contributed by atoms with Gasteiger partial charge in [-0.25, -0.2) is 9.97 Å². The highest BCUT2D eigenvalue weighted by atomic mass is 35.5. The lowest BCUT2D eigenvalue weighted by atomic mass is 9.74. The largest absolute Gasteiger partial charge is 0.317 e. The van der Waals surface area contributed by atoms with E-state index in [0.29, 0.717) is 11.1 Å². The molecule has 6 heteroatoms. The molecule has 0 radical (unpaired) electrons. The van der Waals surface area contributed by atoms with Gasteiger partial charge in [0.1, 0.15) is 5.15 Å². The molecule has 0 bridgehead atoms. The third-order valence-corrected chi connectivity index (χ3v) is 4.01. The van der Waals surface area contributed by atoms with Gasteiger partial charge in [0.05, 0.1) is 5.41 Å². The Labute approximate surface area is 124 Å². The van der Waals surface area contributed by atoms with Crippen LogP contribution in [0.4, 0.5) is 5.95 Å². The summed E-state index contributed by atoms with van der Waals surface area (Å²) in [7, 11) is 0. The van der Waals surface area contributed by atoms with Gasteiger partial charge in [-0.2, -0.15) is 0 Å². The molecule has 0 spiro atoms. The Kier molecular flexibility index (Phi) is 4.94. The van der Waals surface area contributed by atoms with E-state index >= 15 is 0 Å².